The van der Waals surface area contributed by atoms with E-state index in [-0.39, 0.29) is 29.6 Å². The number of benzene rings is 2. The van der Waals surface area contributed by atoms with Crippen LogP contribution in [0.3, 0.4) is 0 Å². The number of ether oxygens (including phenoxy) is 1. The van der Waals surface area contributed by atoms with Crippen LogP contribution >= 0.6 is 0 Å². The Morgan fingerprint density at radius 2 is 1.74 bits per heavy atom. The van der Waals surface area contributed by atoms with Gasteiger partial charge in [0.15, 0.2) is 6.10 Å². The molecular weight excluding hydrogens is 465 g/mol. The molecule has 1 heterocycles. The fourth-order valence-electron chi connectivity index (χ4n) is 3.43. The molecule has 34 heavy (non-hydrogen) atoms. The van der Waals surface area contributed by atoms with Gasteiger partial charge in [0.2, 0.25) is 15.9 Å². The predicted molar refractivity (Wildman–Crippen MR) is 123 cm³/mol. The van der Waals surface area contributed by atoms with E-state index in [1.807, 2.05) is 0 Å². The number of hydrogen-bond acceptors (Lipinski definition) is 6. The number of halogens is 1. The van der Waals surface area contributed by atoms with Crippen LogP contribution in [0.1, 0.15) is 27.2 Å². The first kappa shape index (κ1) is 25.3. The average Bonchev–Trinajstić information content (AvgIpc) is 3.15. The normalized spacial score (nSPS) is 17.0. The van der Waals surface area contributed by atoms with Gasteiger partial charge in [0, 0.05) is 24.7 Å². The molecule has 3 rings (SSSR count). The van der Waals surface area contributed by atoms with Crippen molar-refractivity contribution in [3.8, 4) is 0 Å². The molecule has 0 bridgehead atoms. The van der Waals surface area contributed by atoms with Crippen molar-refractivity contribution in [3.63, 3.8) is 0 Å². The highest BCUT2D eigenvalue weighted by Gasteiger charge is 2.38. The van der Waals surface area contributed by atoms with Gasteiger partial charge in [0.05, 0.1) is 16.5 Å². The summed E-state index contributed by atoms with van der Waals surface area (Å²) in [6.45, 7) is 4.73. The van der Waals surface area contributed by atoms with E-state index in [1.54, 1.807) is 19.9 Å². The van der Waals surface area contributed by atoms with Crippen molar-refractivity contribution in [2.24, 2.45) is 5.92 Å². The van der Waals surface area contributed by atoms with Crippen molar-refractivity contribution in [2.45, 2.75) is 44.2 Å². The minimum absolute atomic E-state index is 0.0454. The van der Waals surface area contributed by atoms with Gasteiger partial charge in [-0.1, -0.05) is 12.1 Å². The quantitative estimate of drug-likeness (QED) is 0.547. The van der Waals surface area contributed by atoms with E-state index in [9.17, 15) is 27.2 Å². The SMILES string of the molecule is CC(C)NS(=O)(=O)c1ccc(NC(=O)[C@@H](C)OC(=O)[C@H]2CC(=O)N(c3ccccc3F)C2)cc1. The van der Waals surface area contributed by atoms with E-state index in [0.29, 0.717) is 5.69 Å². The van der Waals surface area contributed by atoms with Crippen LogP contribution in [0.15, 0.2) is 53.4 Å². The lowest BCUT2D eigenvalue weighted by atomic mass is 10.1. The van der Waals surface area contributed by atoms with E-state index >= 15 is 0 Å². The number of para-hydroxylation sites is 1. The summed E-state index contributed by atoms with van der Waals surface area (Å²) >= 11 is 0. The zero-order valence-corrected chi connectivity index (χ0v) is 19.8. The number of nitrogens with one attached hydrogen (secondary N) is 2. The van der Waals surface area contributed by atoms with E-state index in [1.165, 1.54) is 54.3 Å². The molecule has 1 aliphatic heterocycles. The second kappa shape index (κ2) is 10.3. The fourth-order valence-corrected chi connectivity index (χ4v) is 4.68. The molecule has 0 aliphatic carbocycles. The number of nitrogens with zero attached hydrogens (tertiary/aromatic N) is 1. The van der Waals surface area contributed by atoms with E-state index in [0.717, 1.165) is 0 Å². The third-order valence-electron chi connectivity index (χ3n) is 5.09. The summed E-state index contributed by atoms with van der Waals surface area (Å²) in [4.78, 5) is 38.5. The van der Waals surface area contributed by atoms with Gasteiger partial charge in [-0.3, -0.25) is 14.4 Å². The van der Waals surface area contributed by atoms with E-state index in [4.69, 9.17) is 4.74 Å². The molecule has 0 spiro atoms. The number of hydrogen-bond donors (Lipinski definition) is 2. The number of carbonyl (C=O) groups excluding carboxylic acids is 3. The molecule has 9 nitrogen and oxygen atoms in total. The molecule has 1 saturated heterocycles. The molecule has 182 valence electrons. The highest BCUT2D eigenvalue weighted by atomic mass is 32.2. The van der Waals surface area contributed by atoms with Crippen LogP contribution in [0.25, 0.3) is 0 Å². The van der Waals surface area contributed by atoms with Crippen LogP contribution < -0.4 is 14.9 Å². The molecule has 0 radical (unpaired) electrons. The van der Waals surface area contributed by atoms with Crippen molar-refractivity contribution in [2.75, 3.05) is 16.8 Å². The van der Waals surface area contributed by atoms with Crippen molar-refractivity contribution < 1.29 is 31.9 Å². The van der Waals surface area contributed by atoms with E-state index < -0.39 is 45.6 Å². The third-order valence-corrected chi connectivity index (χ3v) is 6.76. The zero-order valence-electron chi connectivity index (χ0n) is 18.9. The Morgan fingerprint density at radius 3 is 2.35 bits per heavy atom. The first-order valence-corrected chi connectivity index (χ1v) is 12.1. The molecule has 0 unspecified atom stereocenters. The fraction of sp³-hybridized carbons (Fsp3) is 0.348. The van der Waals surface area contributed by atoms with E-state index in [2.05, 4.69) is 10.0 Å². The Bertz CT molecular complexity index is 1180. The second-order valence-electron chi connectivity index (χ2n) is 8.23. The molecule has 11 heteroatoms. The molecule has 2 N–H and O–H groups in total. The molecule has 2 atom stereocenters. The zero-order chi connectivity index (χ0) is 25.0. The van der Waals surface area contributed by atoms with Gasteiger partial charge in [-0.2, -0.15) is 0 Å². The largest absolute Gasteiger partial charge is 0.452 e. The molecule has 2 aromatic rings. The first-order chi connectivity index (χ1) is 16.0. The smallest absolute Gasteiger partial charge is 0.312 e. The summed E-state index contributed by atoms with van der Waals surface area (Å²) in [5.41, 5.74) is 0.404. The average molecular weight is 492 g/mol. The summed E-state index contributed by atoms with van der Waals surface area (Å²) < 4.78 is 46.1. The summed E-state index contributed by atoms with van der Waals surface area (Å²) in [6.07, 6.45) is -1.32. The van der Waals surface area contributed by atoms with Crippen LogP contribution in [-0.4, -0.2) is 44.9 Å². The lowest BCUT2D eigenvalue weighted by Crippen LogP contribution is -2.33. The van der Waals surface area contributed by atoms with Crippen LogP contribution in [0, 0.1) is 11.7 Å². The Hall–Kier alpha value is -3.31. The standard InChI is InChI=1S/C23H26FN3O6S/c1-14(2)26-34(31,32)18-10-8-17(9-11-18)25-22(29)15(3)33-23(30)16-12-21(28)27(13-16)20-7-5-4-6-19(20)24/h4-11,14-16,26H,12-13H2,1-3H3,(H,25,29)/t15-,16+/m1/s1. The topological polar surface area (TPSA) is 122 Å². The van der Waals surface area contributed by atoms with Gasteiger partial charge in [-0.05, 0) is 57.2 Å². The number of rotatable bonds is 8. The van der Waals surface area contributed by atoms with Crippen LogP contribution in [0.2, 0.25) is 0 Å². The van der Waals surface area contributed by atoms with Crippen LogP contribution in [-0.2, 0) is 29.1 Å². The minimum atomic E-state index is -3.67. The van der Waals surface area contributed by atoms with Crippen LogP contribution in [0.4, 0.5) is 15.8 Å². The summed E-state index contributed by atoms with van der Waals surface area (Å²) in [6, 6.07) is 11.0. The summed E-state index contributed by atoms with van der Waals surface area (Å²) in [5, 5.41) is 2.55. The van der Waals surface area contributed by atoms with Gasteiger partial charge >= 0.3 is 5.97 Å². The minimum Gasteiger partial charge on any atom is -0.452 e. The van der Waals surface area contributed by atoms with Crippen molar-refractivity contribution in [1.29, 1.82) is 0 Å². The van der Waals surface area contributed by atoms with Gasteiger partial charge in [0.1, 0.15) is 5.82 Å². The van der Waals surface area contributed by atoms with Crippen molar-refractivity contribution >= 4 is 39.2 Å². The number of sulfonamides is 1. The summed E-state index contributed by atoms with van der Waals surface area (Å²) in [7, 11) is -3.67. The van der Waals surface area contributed by atoms with Gasteiger partial charge in [0.25, 0.3) is 5.91 Å². The molecule has 2 amide bonds. The predicted octanol–water partition coefficient (Wildman–Crippen LogP) is 2.44. The molecule has 1 aliphatic rings. The Kier molecular flexibility index (Phi) is 7.68. The lowest BCUT2D eigenvalue weighted by molar-refractivity contribution is -0.157. The third kappa shape index (κ3) is 5.97. The Balaban J connectivity index is 1.57. The Morgan fingerprint density at radius 1 is 1.09 bits per heavy atom. The summed E-state index contributed by atoms with van der Waals surface area (Å²) in [5.74, 6) is -3.18. The highest BCUT2D eigenvalue weighted by molar-refractivity contribution is 7.89. The maximum atomic E-state index is 14.0. The maximum absolute atomic E-state index is 14.0. The molecule has 0 aromatic heterocycles. The number of esters is 1. The second-order valence-corrected chi connectivity index (χ2v) is 9.94. The molecule has 1 fully saturated rings. The molecular formula is C23H26FN3O6S. The molecule has 2 aromatic carbocycles. The van der Waals surface area contributed by atoms with Crippen LogP contribution in [0.5, 0.6) is 0 Å². The Labute approximate surface area is 197 Å². The van der Waals surface area contributed by atoms with Crippen molar-refractivity contribution in [3.05, 3.63) is 54.3 Å². The van der Waals surface area contributed by atoms with Gasteiger partial charge in [-0.15, -0.1) is 0 Å². The monoisotopic (exact) mass is 491 g/mol. The molecule has 0 saturated carbocycles. The highest BCUT2D eigenvalue weighted by Crippen LogP contribution is 2.28. The first-order valence-electron chi connectivity index (χ1n) is 10.7. The maximum Gasteiger partial charge on any atom is 0.312 e. The van der Waals surface area contributed by atoms with Gasteiger partial charge < -0.3 is 15.0 Å². The number of amides is 2. The number of carbonyl (C=O) groups is 3. The van der Waals surface area contributed by atoms with Crippen molar-refractivity contribution in [1.82, 2.24) is 4.72 Å². The van der Waals surface area contributed by atoms with Gasteiger partial charge in [-0.25, -0.2) is 17.5 Å². The lowest BCUT2D eigenvalue weighted by Gasteiger charge is -2.18. The number of anilines is 2.